The van der Waals surface area contributed by atoms with Crippen molar-refractivity contribution in [3.63, 3.8) is 0 Å². The zero-order valence-electron chi connectivity index (χ0n) is 31.1. The van der Waals surface area contributed by atoms with Gasteiger partial charge in [0.1, 0.15) is 29.5 Å². The number of fused-ring (bicyclic) bond motifs is 5. The van der Waals surface area contributed by atoms with Gasteiger partial charge in [-0.25, -0.2) is 14.4 Å². The normalized spacial score (nSPS) is 35.1. The first-order valence-corrected chi connectivity index (χ1v) is 17.2. The van der Waals surface area contributed by atoms with E-state index in [1.807, 2.05) is 0 Å². The minimum Gasteiger partial charge on any atom is -0.456 e. The maximum absolute atomic E-state index is 14.6. The average molecular weight is 1170 g/mol. The van der Waals surface area contributed by atoms with Crippen LogP contribution in [0.1, 0.15) is 71.7 Å². The van der Waals surface area contributed by atoms with Gasteiger partial charge in [0.2, 0.25) is 0 Å². The Balaban J connectivity index is 0.00000378. The largest absolute Gasteiger partial charge is 0.456 e. The van der Waals surface area contributed by atoms with Crippen molar-refractivity contribution in [3.8, 4) is 0 Å². The summed E-state index contributed by atoms with van der Waals surface area (Å²) in [5, 5.41) is 62.3. The molecular weight excluding hydrogens is 1120 g/mol. The van der Waals surface area contributed by atoms with Gasteiger partial charge in [-0.1, -0.05) is 43.7 Å². The first-order chi connectivity index (χ1) is 23.7. The number of ether oxygens (including phenoxy) is 4. The standard InChI is InChI=1S/C37H49NO13.2Ac/c1-8-48-33(45)38-21(14-18(2)3)26(40)32(44)50-22-16-37(47)30(51-31(43)20-12-10-9-11-13-20)28-35(7,23(39)15-24-36(28,46)17-49-24)29(42)27(41)25(19(22)4)34(37,5)6;;/h9-14,21-24,26-28,30,39-41,46-47H,8,15-17H2,1-7H3,(H,38,45);;/t21-,22?,23-,24+,26+,27+,28-,30-,35+,36-,37+;;/m0../s1. The summed E-state index contributed by atoms with van der Waals surface area (Å²) in [5.41, 5.74) is -6.80. The van der Waals surface area contributed by atoms with Crippen molar-refractivity contribution in [1.29, 1.82) is 0 Å². The number of allylic oxidation sites excluding steroid dienone is 1. The predicted molar refractivity (Wildman–Crippen MR) is 179 cm³/mol. The van der Waals surface area contributed by atoms with Crippen molar-refractivity contribution < 1.29 is 152 Å². The second kappa shape index (κ2) is 17.4. The fourth-order valence-corrected chi connectivity index (χ4v) is 8.61. The Morgan fingerprint density at radius 1 is 1.06 bits per heavy atom. The van der Waals surface area contributed by atoms with Crippen LogP contribution in [0.15, 0.2) is 53.1 Å². The number of Topliss-reactive ketones (excluding diaryl/α,β-unsaturated/α-hetero) is 1. The summed E-state index contributed by atoms with van der Waals surface area (Å²) >= 11 is 0. The third kappa shape index (κ3) is 8.04. The molecule has 286 valence electrons. The van der Waals surface area contributed by atoms with E-state index in [9.17, 15) is 44.7 Å². The Morgan fingerprint density at radius 2 is 1.68 bits per heavy atom. The number of esters is 2. The molecule has 1 unspecified atom stereocenters. The van der Waals surface area contributed by atoms with Gasteiger partial charge in [-0.15, -0.1) is 0 Å². The first-order valence-electron chi connectivity index (χ1n) is 17.2. The van der Waals surface area contributed by atoms with Crippen LogP contribution in [0.3, 0.4) is 0 Å². The Hall–Kier alpha value is -0.777. The number of ketones is 1. The number of aliphatic hydroxyl groups is 5. The molecular formula is C37H49Ac2NO13. The van der Waals surface area contributed by atoms with Crippen molar-refractivity contribution in [2.75, 3.05) is 13.2 Å². The minimum absolute atomic E-state index is 0. The van der Waals surface area contributed by atoms with Crippen LogP contribution in [-0.2, 0) is 28.5 Å². The molecule has 4 aliphatic rings. The van der Waals surface area contributed by atoms with E-state index in [1.54, 1.807) is 52.8 Å². The molecule has 1 saturated heterocycles. The number of nitrogens with one attached hydrogen (secondary N) is 1. The maximum Gasteiger partial charge on any atom is 0.407 e. The predicted octanol–water partition coefficient (Wildman–Crippen LogP) is 1.50. The van der Waals surface area contributed by atoms with Crippen molar-refractivity contribution in [1.82, 2.24) is 5.32 Å². The Labute approximate surface area is 380 Å². The Bertz CT molecular complexity index is 1630. The van der Waals surface area contributed by atoms with Gasteiger partial charge < -0.3 is 49.8 Å². The zero-order chi connectivity index (χ0) is 37.8. The molecule has 11 atom stereocenters. The summed E-state index contributed by atoms with van der Waals surface area (Å²) in [6, 6.07) is 6.61. The molecule has 2 saturated carbocycles. The van der Waals surface area contributed by atoms with Gasteiger partial charge >= 0.3 is 18.0 Å². The maximum atomic E-state index is 14.6. The van der Waals surface area contributed by atoms with Gasteiger partial charge in [0.25, 0.3) is 0 Å². The molecule has 2 radical (unpaired) electrons. The average Bonchev–Trinajstić information content (AvgIpc) is 3.06. The van der Waals surface area contributed by atoms with Crippen molar-refractivity contribution >= 4 is 23.8 Å². The second-order valence-electron chi connectivity index (χ2n) is 15.1. The third-order valence-corrected chi connectivity index (χ3v) is 11.5. The first kappa shape index (κ1) is 46.6. The molecule has 1 heterocycles. The summed E-state index contributed by atoms with van der Waals surface area (Å²) in [5.74, 6) is -4.50. The molecule has 6 N–H and O–H groups in total. The van der Waals surface area contributed by atoms with E-state index in [0.717, 1.165) is 0 Å². The van der Waals surface area contributed by atoms with Crippen LogP contribution in [-0.4, -0.2) is 116 Å². The number of benzene rings is 1. The number of hydrogen-bond donors (Lipinski definition) is 6. The van der Waals surface area contributed by atoms with Gasteiger partial charge in [-0.3, -0.25) is 4.79 Å². The molecule has 1 aliphatic heterocycles. The van der Waals surface area contributed by atoms with Crippen LogP contribution in [0, 0.1) is 105 Å². The second-order valence-corrected chi connectivity index (χ2v) is 15.1. The Kier molecular flexibility index (Phi) is 15.3. The summed E-state index contributed by atoms with van der Waals surface area (Å²) in [6.45, 7) is 10.7. The summed E-state index contributed by atoms with van der Waals surface area (Å²) < 4.78 is 22.5. The summed E-state index contributed by atoms with van der Waals surface area (Å²) in [7, 11) is 0. The van der Waals surface area contributed by atoms with E-state index in [1.165, 1.54) is 32.1 Å². The SMILES string of the molecule is CCOC(=O)N[C@@H](C=C(C)C)[C@@H](O)C(=O)OC1C[C@@]2(O)[C@@H](OC(=O)c3ccccc3)[C@@H]3[C@]4(O)CO[C@@H]4C[C@H](O)[C@@]3(C)C(=O)[C@H](O)C(=C1C)C2(C)C.[Ac].[Ac]. The van der Waals surface area contributed by atoms with Gasteiger partial charge in [-0.05, 0) is 57.9 Å². The van der Waals surface area contributed by atoms with E-state index in [0.29, 0.717) is 5.57 Å². The molecule has 0 aromatic heterocycles. The van der Waals surface area contributed by atoms with Crippen molar-refractivity contribution in [3.05, 3.63) is 58.7 Å². The van der Waals surface area contributed by atoms with E-state index in [2.05, 4.69) is 5.32 Å². The van der Waals surface area contributed by atoms with E-state index in [4.69, 9.17) is 18.9 Å². The number of hydrogen-bond acceptors (Lipinski definition) is 13. The number of aliphatic hydroxyl groups excluding tert-OH is 3. The number of carbonyl (C=O) groups is 4. The van der Waals surface area contributed by atoms with Crippen LogP contribution in [0.25, 0.3) is 0 Å². The van der Waals surface area contributed by atoms with Crippen LogP contribution < -0.4 is 5.32 Å². The van der Waals surface area contributed by atoms with E-state index < -0.39 is 101 Å². The number of carbonyl (C=O) groups excluding carboxylic acids is 4. The number of alkyl carbamates (subject to hydrolysis) is 1. The molecule has 5 rings (SSSR count). The topological polar surface area (TPSA) is 218 Å². The quantitative estimate of drug-likeness (QED) is 0.124. The molecule has 1 amide bonds. The van der Waals surface area contributed by atoms with E-state index >= 15 is 0 Å². The zero-order valence-corrected chi connectivity index (χ0v) is 40.6. The molecule has 2 bridgehead atoms. The van der Waals surface area contributed by atoms with Crippen molar-refractivity contribution in [2.24, 2.45) is 16.7 Å². The van der Waals surface area contributed by atoms with Gasteiger partial charge in [0.05, 0.1) is 42.4 Å². The van der Waals surface area contributed by atoms with Crippen LogP contribution in [0.4, 0.5) is 4.79 Å². The van der Waals surface area contributed by atoms with Crippen LogP contribution >= 0.6 is 0 Å². The van der Waals surface area contributed by atoms with Crippen LogP contribution in [0.2, 0.25) is 0 Å². The molecule has 1 aromatic rings. The van der Waals surface area contributed by atoms with Gasteiger partial charge in [0, 0.05) is 112 Å². The van der Waals surface area contributed by atoms with Gasteiger partial charge in [0.15, 0.2) is 11.9 Å². The third-order valence-electron chi connectivity index (χ3n) is 11.5. The molecule has 1 aromatic carbocycles. The monoisotopic (exact) mass is 1170 g/mol. The summed E-state index contributed by atoms with van der Waals surface area (Å²) in [6.07, 6.45) is -9.64. The molecule has 14 nitrogen and oxygen atoms in total. The van der Waals surface area contributed by atoms with Crippen LogP contribution in [0.5, 0.6) is 0 Å². The molecule has 16 heteroatoms. The molecule has 0 spiro atoms. The molecule has 53 heavy (non-hydrogen) atoms. The number of amides is 1. The minimum atomic E-state index is -2.29. The Morgan fingerprint density at radius 3 is 2.23 bits per heavy atom. The number of rotatable bonds is 8. The fourth-order valence-electron chi connectivity index (χ4n) is 8.61. The molecule has 3 fully saturated rings. The summed E-state index contributed by atoms with van der Waals surface area (Å²) in [4.78, 5) is 54.3. The van der Waals surface area contributed by atoms with Gasteiger partial charge in [-0.2, -0.15) is 0 Å². The fraction of sp³-hybridized carbons (Fsp3) is 0.622. The van der Waals surface area contributed by atoms with Crippen molar-refractivity contribution in [2.45, 2.75) is 115 Å². The van der Waals surface area contributed by atoms with E-state index in [-0.39, 0.29) is 124 Å². The molecule has 3 aliphatic carbocycles. The smallest absolute Gasteiger partial charge is 0.407 e.